The lowest BCUT2D eigenvalue weighted by Gasteiger charge is -2.19. The minimum Gasteiger partial charge on any atom is -0.480 e. The highest BCUT2D eigenvalue weighted by Crippen LogP contribution is 2.24. The maximum Gasteiger partial charge on any atom is 0.326 e. The molecule has 0 saturated heterocycles. The predicted molar refractivity (Wildman–Crippen MR) is 88.1 cm³/mol. The summed E-state index contributed by atoms with van der Waals surface area (Å²) in [5, 5.41) is 11.8. The average molecular weight is 312 g/mol. The number of nitrogens with one attached hydrogen (secondary N) is 1. The Balaban J connectivity index is 2.34. The van der Waals surface area contributed by atoms with Crippen LogP contribution in [0.15, 0.2) is 42.6 Å². The Morgan fingerprint density at radius 1 is 1.13 bits per heavy atom. The number of pyridine rings is 1. The summed E-state index contributed by atoms with van der Waals surface area (Å²) in [7, 11) is 0. The molecule has 0 aliphatic carbocycles. The third-order valence-corrected chi connectivity index (χ3v) is 3.74. The molecule has 2 aromatic rings. The third kappa shape index (κ3) is 3.74. The Labute approximate surface area is 135 Å². The summed E-state index contributed by atoms with van der Waals surface area (Å²) in [5.41, 5.74) is 2.87. The molecule has 1 atom stereocenters. The molecule has 2 rings (SSSR count). The van der Waals surface area contributed by atoms with E-state index in [4.69, 9.17) is 0 Å². The number of carbonyl (C=O) groups excluding carboxylic acids is 1. The van der Waals surface area contributed by atoms with Gasteiger partial charge in [0.25, 0.3) is 5.91 Å². The number of aromatic nitrogens is 1. The molecule has 0 bridgehead atoms. The first-order chi connectivity index (χ1) is 10.9. The molecule has 1 amide bonds. The first-order valence-electron chi connectivity index (χ1n) is 7.46. The molecule has 0 saturated carbocycles. The van der Waals surface area contributed by atoms with Crippen LogP contribution in [0.25, 0.3) is 11.3 Å². The predicted octanol–water partition coefficient (Wildman–Crippen LogP) is 2.90. The van der Waals surface area contributed by atoms with E-state index in [0.717, 1.165) is 16.8 Å². The van der Waals surface area contributed by atoms with Crippen molar-refractivity contribution >= 4 is 11.9 Å². The van der Waals surface area contributed by atoms with Gasteiger partial charge in [0.2, 0.25) is 0 Å². The van der Waals surface area contributed by atoms with Gasteiger partial charge in [0.15, 0.2) is 0 Å². The van der Waals surface area contributed by atoms with Crippen molar-refractivity contribution in [1.29, 1.82) is 0 Å². The van der Waals surface area contributed by atoms with E-state index in [9.17, 15) is 14.7 Å². The Hall–Kier alpha value is -2.69. The highest BCUT2D eigenvalue weighted by Gasteiger charge is 2.25. The largest absolute Gasteiger partial charge is 0.480 e. The van der Waals surface area contributed by atoms with E-state index in [2.05, 4.69) is 10.3 Å². The van der Waals surface area contributed by atoms with Crippen molar-refractivity contribution in [2.75, 3.05) is 0 Å². The van der Waals surface area contributed by atoms with Crippen LogP contribution in [0.4, 0.5) is 0 Å². The van der Waals surface area contributed by atoms with Crippen LogP contribution in [0, 0.1) is 12.8 Å². The Morgan fingerprint density at radius 2 is 1.87 bits per heavy atom. The van der Waals surface area contributed by atoms with Gasteiger partial charge in [-0.15, -0.1) is 0 Å². The molecule has 0 spiro atoms. The smallest absolute Gasteiger partial charge is 0.326 e. The zero-order valence-electron chi connectivity index (χ0n) is 13.4. The van der Waals surface area contributed by atoms with E-state index >= 15 is 0 Å². The van der Waals surface area contributed by atoms with E-state index in [1.165, 1.54) is 0 Å². The highest BCUT2D eigenvalue weighted by molar-refractivity contribution is 5.99. The molecule has 0 aliphatic rings. The van der Waals surface area contributed by atoms with Crippen LogP contribution in [-0.2, 0) is 4.79 Å². The minimum absolute atomic E-state index is 0.198. The quantitative estimate of drug-likeness (QED) is 0.889. The van der Waals surface area contributed by atoms with Crippen LogP contribution >= 0.6 is 0 Å². The van der Waals surface area contributed by atoms with Crippen LogP contribution in [0.2, 0.25) is 0 Å². The molecule has 0 unspecified atom stereocenters. The van der Waals surface area contributed by atoms with Crippen LogP contribution in [-0.4, -0.2) is 28.0 Å². The van der Waals surface area contributed by atoms with Gasteiger partial charge in [0, 0.05) is 17.3 Å². The van der Waals surface area contributed by atoms with Gasteiger partial charge < -0.3 is 10.4 Å². The van der Waals surface area contributed by atoms with Gasteiger partial charge in [-0.2, -0.15) is 0 Å². The molecular weight excluding hydrogens is 292 g/mol. The summed E-state index contributed by atoms with van der Waals surface area (Å²) < 4.78 is 0. The van der Waals surface area contributed by atoms with Crippen molar-refractivity contribution in [2.45, 2.75) is 26.8 Å². The van der Waals surface area contributed by atoms with Gasteiger partial charge in [-0.25, -0.2) is 4.79 Å². The van der Waals surface area contributed by atoms with Crippen LogP contribution in [0.3, 0.4) is 0 Å². The fraction of sp³-hybridized carbons (Fsp3) is 0.278. The molecule has 5 heteroatoms. The van der Waals surface area contributed by atoms with E-state index in [-0.39, 0.29) is 11.8 Å². The van der Waals surface area contributed by atoms with E-state index < -0.39 is 12.0 Å². The highest BCUT2D eigenvalue weighted by atomic mass is 16.4. The fourth-order valence-corrected chi connectivity index (χ4v) is 2.41. The summed E-state index contributed by atoms with van der Waals surface area (Å²) in [5.74, 6) is -1.62. The minimum atomic E-state index is -1.04. The normalized spacial score (nSPS) is 12.0. The second kappa shape index (κ2) is 7.05. The monoisotopic (exact) mass is 312 g/mol. The Bertz CT molecular complexity index is 711. The maximum atomic E-state index is 12.5. The third-order valence-electron chi connectivity index (χ3n) is 3.74. The second-order valence-electron chi connectivity index (χ2n) is 5.73. The molecular formula is C18H20N2O3. The molecule has 0 radical (unpaired) electrons. The second-order valence-corrected chi connectivity index (χ2v) is 5.73. The van der Waals surface area contributed by atoms with E-state index in [1.54, 1.807) is 32.2 Å². The summed E-state index contributed by atoms with van der Waals surface area (Å²) in [6.45, 7) is 5.36. The van der Waals surface area contributed by atoms with Gasteiger partial charge in [-0.3, -0.25) is 9.78 Å². The van der Waals surface area contributed by atoms with Crippen molar-refractivity contribution in [3.05, 3.63) is 53.7 Å². The maximum absolute atomic E-state index is 12.5. The molecule has 120 valence electrons. The zero-order valence-corrected chi connectivity index (χ0v) is 13.4. The van der Waals surface area contributed by atoms with Crippen LogP contribution in [0.1, 0.15) is 29.8 Å². The molecule has 1 aromatic heterocycles. The summed E-state index contributed by atoms with van der Waals surface area (Å²) >= 11 is 0. The summed E-state index contributed by atoms with van der Waals surface area (Å²) in [6, 6.07) is 10.0. The SMILES string of the molecule is Cc1c(C(=O)N[C@H](C(=O)O)C(C)C)cccc1-c1ccccn1. The van der Waals surface area contributed by atoms with E-state index in [1.807, 2.05) is 31.2 Å². The number of hydrogen-bond donors (Lipinski definition) is 2. The molecule has 2 N–H and O–H groups in total. The Morgan fingerprint density at radius 3 is 2.43 bits per heavy atom. The molecule has 1 heterocycles. The van der Waals surface area contributed by atoms with E-state index in [0.29, 0.717) is 5.56 Å². The summed E-state index contributed by atoms with van der Waals surface area (Å²) in [4.78, 5) is 28.0. The zero-order chi connectivity index (χ0) is 17.0. The van der Waals surface area contributed by atoms with Crippen molar-refractivity contribution in [3.8, 4) is 11.3 Å². The lowest BCUT2D eigenvalue weighted by atomic mass is 9.98. The van der Waals surface area contributed by atoms with Gasteiger partial charge >= 0.3 is 5.97 Å². The number of aliphatic carboxylic acids is 1. The van der Waals surface area contributed by atoms with Crippen LogP contribution in [0.5, 0.6) is 0 Å². The fourth-order valence-electron chi connectivity index (χ4n) is 2.41. The van der Waals surface area contributed by atoms with Crippen molar-refractivity contribution in [1.82, 2.24) is 10.3 Å². The number of amides is 1. The van der Waals surface area contributed by atoms with Gasteiger partial charge in [0.1, 0.15) is 6.04 Å². The lowest BCUT2D eigenvalue weighted by molar-refractivity contribution is -0.140. The van der Waals surface area contributed by atoms with Crippen molar-refractivity contribution in [2.24, 2.45) is 5.92 Å². The molecule has 5 nitrogen and oxygen atoms in total. The first kappa shape index (κ1) is 16.7. The van der Waals surface area contributed by atoms with Crippen LogP contribution < -0.4 is 5.32 Å². The number of carboxylic acid groups (broad SMARTS) is 1. The van der Waals surface area contributed by atoms with Crippen molar-refractivity contribution < 1.29 is 14.7 Å². The molecule has 1 aromatic carbocycles. The lowest BCUT2D eigenvalue weighted by Crippen LogP contribution is -2.44. The first-order valence-corrected chi connectivity index (χ1v) is 7.46. The number of benzene rings is 1. The van der Waals surface area contributed by atoms with Gasteiger partial charge in [0.05, 0.1) is 5.69 Å². The number of carboxylic acids is 1. The number of rotatable bonds is 5. The number of hydrogen-bond acceptors (Lipinski definition) is 3. The molecule has 0 fully saturated rings. The number of carbonyl (C=O) groups is 2. The Kier molecular flexibility index (Phi) is 5.11. The standard InChI is InChI=1S/C18H20N2O3/c1-11(2)16(18(22)23)20-17(21)14-8-6-7-13(12(14)3)15-9-4-5-10-19-15/h4-11,16H,1-3H3,(H,20,21)(H,22,23)/t16-/m0/s1. The molecule has 0 aliphatic heterocycles. The van der Waals surface area contributed by atoms with Gasteiger partial charge in [-0.05, 0) is 36.6 Å². The molecule has 23 heavy (non-hydrogen) atoms. The number of nitrogens with zero attached hydrogens (tertiary/aromatic N) is 1. The van der Waals surface area contributed by atoms with Gasteiger partial charge in [-0.1, -0.05) is 32.0 Å². The average Bonchev–Trinajstić information content (AvgIpc) is 2.52. The summed E-state index contributed by atoms with van der Waals surface area (Å²) in [6.07, 6.45) is 1.70. The topological polar surface area (TPSA) is 79.3 Å². The van der Waals surface area contributed by atoms with Crippen molar-refractivity contribution in [3.63, 3.8) is 0 Å².